The minimum Gasteiger partial charge on any atom is -0.274 e. The van der Waals surface area contributed by atoms with Crippen LogP contribution in [0.4, 0.5) is 5.69 Å². The predicted octanol–water partition coefficient (Wildman–Crippen LogP) is 3.24. The fourth-order valence-electron chi connectivity index (χ4n) is 1.53. The molecule has 6 heteroatoms. The van der Waals surface area contributed by atoms with Gasteiger partial charge in [-0.25, -0.2) is 4.90 Å². The van der Waals surface area contributed by atoms with E-state index >= 15 is 0 Å². The molecule has 0 bridgehead atoms. The molecule has 0 aliphatic carbocycles. The average molecular weight is 412 g/mol. The molecule has 0 saturated carbocycles. The van der Waals surface area contributed by atoms with Gasteiger partial charge in [0.15, 0.2) is 0 Å². The van der Waals surface area contributed by atoms with Gasteiger partial charge in [-0.05, 0) is 18.2 Å². The van der Waals surface area contributed by atoms with Crippen LogP contribution in [0.5, 0.6) is 0 Å². The van der Waals surface area contributed by atoms with E-state index in [-0.39, 0.29) is 18.2 Å². The van der Waals surface area contributed by atoms with Crippen molar-refractivity contribution in [2.24, 2.45) is 0 Å². The van der Waals surface area contributed by atoms with Crippen LogP contribution in [0.2, 0.25) is 0 Å². The standard InChI is InChI=1S/C10H6Br3NO2/c11-5-1-6(12)3-7(2-5)14-9(15)4-8(13)10(14)16/h1-3,8H,4H2. The third-order valence-electron chi connectivity index (χ3n) is 2.20. The molecule has 1 aromatic rings. The lowest BCUT2D eigenvalue weighted by molar-refractivity contribution is -0.121. The molecule has 1 heterocycles. The van der Waals surface area contributed by atoms with E-state index in [0.29, 0.717) is 5.69 Å². The van der Waals surface area contributed by atoms with E-state index in [2.05, 4.69) is 47.8 Å². The number of benzene rings is 1. The highest BCUT2D eigenvalue weighted by molar-refractivity contribution is 9.11. The molecular formula is C10H6Br3NO2. The molecular weight excluding hydrogens is 406 g/mol. The highest BCUT2D eigenvalue weighted by Crippen LogP contribution is 2.31. The van der Waals surface area contributed by atoms with E-state index in [4.69, 9.17) is 0 Å². The number of halogens is 3. The molecule has 0 N–H and O–H groups in total. The van der Waals surface area contributed by atoms with Crippen molar-refractivity contribution in [1.82, 2.24) is 0 Å². The Morgan fingerprint density at radius 2 is 1.69 bits per heavy atom. The summed E-state index contributed by atoms with van der Waals surface area (Å²) in [4.78, 5) is 24.2. The maximum atomic E-state index is 11.8. The van der Waals surface area contributed by atoms with Gasteiger partial charge in [0.1, 0.15) is 4.83 Å². The number of carbonyl (C=O) groups is 2. The van der Waals surface area contributed by atoms with Crippen molar-refractivity contribution in [1.29, 1.82) is 0 Å². The molecule has 3 nitrogen and oxygen atoms in total. The van der Waals surface area contributed by atoms with Gasteiger partial charge in [-0.15, -0.1) is 0 Å². The second-order valence-corrected chi connectivity index (χ2v) is 6.30. The molecule has 16 heavy (non-hydrogen) atoms. The van der Waals surface area contributed by atoms with Gasteiger partial charge >= 0.3 is 0 Å². The summed E-state index contributed by atoms with van der Waals surface area (Å²) in [5, 5.41) is 0. The van der Waals surface area contributed by atoms with E-state index in [1.807, 2.05) is 6.07 Å². The fraction of sp³-hybridized carbons (Fsp3) is 0.200. The molecule has 2 amide bonds. The lowest BCUT2D eigenvalue weighted by Crippen LogP contribution is -2.30. The number of imide groups is 1. The van der Waals surface area contributed by atoms with Crippen LogP contribution in [0.1, 0.15) is 6.42 Å². The molecule has 0 spiro atoms. The SMILES string of the molecule is O=C1CC(Br)C(=O)N1c1cc(Br)cc(Br)c1. The van der Waals surface area contributed by atoms with Crippen molar-refractivity contribution < 1.29 is 9.59 Å². The lowest BCUT2D eigenvalue weighted by Gasteiger charge is -2.14. The first-order valence-electron chi connectivity index (χ1n) is 4.46. The Bertz CT molecular complexity index is 455. The van der Waals surface area contributed by atoms with Gasteiger partial charge in [0, 0.05) is 15.4 Å². The van der Waals surface area contributed by atoms with Crippen LogP contribution < -0.4 is 4.90 Å². The van der Waals surface area contributed by atoms with Gasteiger partial charge in [0.05, 0.1) is 5.69 Å². The van der Waals surface area contributed by atoms with E-state index < -0.39 is 4.83 Å². The van der Waals surface area contributed by atoms with Gasteiger partial charge in [-0.2, -0.15) is 0 Å². The topological polar surface area (TPSA) is 37.4 Å². The van der Waals surface area contributed by atoms with Crippen molar-refractivity contribution in [2.45, 2.75) is 11.2 Å². The maximum absolute atomic E-state index is 11.8. The van der Waals surface area contributed by atoms with E-state index in [1.165, 1.54) is 4.90 Å². The fourth-order valence-corrected chi connectivity index (χ4v) is 3.29. The zero-order valence-electron chi connectivity index (χ0n) is 7.91. The number of carbonyl (C=O) groups excluding carboxylic acids is 2. The van der Waals surface area contributed by atoms with Gasteiger partial charge in [0.2, 0.25) is 11.8 Å². The Morgan fingerprint density at radius 3 is 2.12 bits per heavy atom. The highest BCUT2D eigenvalue weighted by atomic mass is 79.9. The Balaban J connectivity index is 2.44. The molecule has 1 aliphatic heterocycles. The van der Waals surface area contributed by atoms with Crippen LogP contribution in [-0.2, 0) is 9.59 Å². The van der Waals surface area contributed by atoms with Gasteiger partial charge in [0.25, 0.3) is 0 Å². The lowest BCUT2D eigenvalue weighted by atomic mass is 10.3. The second-order valence-electron chi connectivity index (χ2n) is 3.37. The van der Waals surface area contributed by atoms with Crippen LogP contribution in [0.3, 0.4) is 0 Å². The molecule has 1 aliphatic rings. The smallest absolute Gasteiger partial charge is 0.248 e. The van der Waals surface area contributed by atoms with Crippen molar-refractivity contribution in [3.63, 3.8) is 0 Å². The molecule has 0 aromatic heterocycles. The van der Waals surface area contributed by atoms with Crippen LogP contribution in [0, 0.1) is 0 Å². The van der Waals surface area contributed by atoms with Crippen LogP contribution >= 0.6 is 47.8 Å². The number of nitrogens with zero attached hydrogens (tertiary/aromatic N) is 1. The van der Waals surface area contributed by atoms with Gasteiger partial charge in [-0.3, -0.25) is 9.59 Å². The largest absolute Gasteiger partial charge is 0.274 e. The number of hydrogen-bond acceptors (Lipinski definition) is 2. The number of amides is 2. The number of alkyl halides is 1. The minimum atomic E-state index is -0.405. The summed E-state index contributed by atoms with van der Waals surface area (Å²) in [5.41, 5.74) is 0.582. The van der Waals surface area contributed by atoms with Crippen molar-refractivity contribution in [3.05, 3.63) is 27.1 Å². The summed E-state index contributed by atoms with van der Waals surface area (Å²) in [6.07, 6.45) is 0.211. The summed E-state index contributed by atoms with van der Waals surface area (Å²) < 4.78 is 1.63. The van der Waals surface area contributed by atoms with Crippen LogP contribution in [0.15, 0.2) is 27.1 Å². The van der Waals surface area contributed by atoms with Gasteiger partial charge in [-0.1, -0.05) is 47.8 Å². The number of rotatable bonds is 1. The van der Waals surface area contributed by atoms with Crippen molar-refractivity contribution in [2.75, 3.05) is 4.90 Å². The maximum Gasteiger partial charge on any atom is 0.248 e. The highest BCUT2D eigenvalue weighted by Gasteiger charge is 2.38. The summed E-state index contributed by atoms with van der Waals surface area (Å²) in [7, 11) is 0. The van der Waals surface area contributed by atoms with E-state index in [9.17, 15) is 9.59 Å². The summed E-state index contributed by atoms with van der Waals surface area (Å²) >= 11 is 9.83. The predicted molar refractivity (Wildman–Crippen MR) is 71.7 cm³/mol. The monoisotopic (exact) mass is 409 g/mol. The van der Waals surface area contributed by atoms with Crippen molar-refractivity contribution in [3.8, 4) is 0 Å². The van der Waals surface area contributed by atoms with Gasteiger partial charge < -0.3 is 0 Å². The Labute approximate surface area is 118 Å². The third-order valence-corrected chi connectivity index (χ3v) is 3.83. The summed E-state index contributed by atoms with van der Waals surface area (Å²) in [6, 6.07) is 5.33. The minimum absolute atomic E-state index is 0.183. The van der Waals surface area contributed by atoms with E-state index in [0.717, 1.165) is 8.95 Å². The summed E-state index contributed by atoms with van der Waals surface area (Å²) in [6.45, 7) is 0. The molecule has 1 fully saturated rings. The van der Waals surface area contributed by atoms with Crippen LogP contribution in [-0.4, -0.2) is 16.6 Å². The number of hydrogen-bond donors (Lipinski definition) is 0. The third kappa shape index (κ3) is 2.24. The molecule has 1 aromatic carbocycles. The zero-order chi connectivity index (χ0) is 11.9. The van der Waals surface area contributed by atoms with Crippen LogP contribution in [0.25, 0.3) is 0 Å². The molecule has 1 saturated heterocycles. The Morgan fingerprint density at radius 1 is 1.12 bits per heavy atom. The molecule has 2 rings (SSSR count). The van der Waals surface area contributed by atoms with Crippen molar-refractivity contribution >= 4 is 65.3 Å². The molecule has 0 radical (unpaired) electrons. The molecule has 1 unspecified atom stereocenters. The first kappa shape index (κ1) is 12.3. The zero-order valence-corrected chi connectivity index (χ0v) is 12.7. The Kier molecular flexibility index (Phi) is 3.51. The number of anilines is 1. The first-order valence-corrected chi connectivity index (χ1v) is 6.96. The first-order chi connectivity index (χ1) is 7.49. The Hall–Kier alpha value is -0.200. The molecule has 84 valence electrons. The quantitative estimate of drug-likeness (QED) is 0.525. The van der Waals surface area contributed by atoms with E-state index in [1.54, 1.807) is 12.1 Å². The second kappa shape index (κ2) is 4.58. The average Bonchev–Trinajstić information content (AvgIpc) is 2.39. The normalized spacial score (nSPS) is 20.7. The molecule has 1 atom stereocenters. The summed E-state index contributed by atoms with van der Waals surface area (Å²) in [5.74, 6) is -0.396.